The molecule has 4 nitrogen and oxygen atoms in total. The van der Waals surface area contributed by atoms with Crippen molar-refractivity contribution in [2.45, 2.75) is 31.3 Å². The molecule has 1 aliphatic carbocycles. The maximum Gasteiger partial charge on any atom is 0.317 e. The van der Waals surface area contributed by atoms with Gasteiger partial charge in [0.15, 0.2) is 0 Å². The van der Waals surface area contributed by atoms with Gasteiger partial charge in [0.1, 0.15) is 0 Å². The smallest absolute Gasteiger partial charge is 0.317 e. The fraction of sp³-hybridized carbons (Fsp3) is 0.889. The minimum atomic E-state index is -0.759. The Labute approximate surface area is 77.9 Å². The number of carbonyl (C=O) groups is 1. The molecule has 0 amide bonds. The monoisotopic (exact) mass is 184 g/mol. The Morgan fingerprint density at radius 3 is 2.85 bits per heavy atom. The minimum absolute atomic E-state index is 0.100. The zero-order chi connectivity index (χ0) is 9.26. The highest BCUT2D eigenvalue weighted by molar-refractivity contribution is 5.69. The number of hydrogen-bond acceptors (Lipinski definition) is 3. The largest absolute Gasteiger partial charge is 0.480 e. The Hall–Kier alpha value is -0.610. The summed E-state index contributed by atoms with van der Waals surface area (Å²) >= 11 is 0. The number of hydrogen-bond donors (Lipinski definition) is 2. The molecule has 1 atom stereocenters. The predicted octanol–water partition coefficient (Wildman–Crippen LogP) is -0.103. The van der Waals surface area contributed by atoms with Gasteiger partial charge in [-0.15, -0.1) is 0 Å². The highest BCUT2D eigenvalue weighted by Gasteiger charge is 2.34. The van der Waals surface area contributed by atoms with Crippen LogP contribution in [0.4, 0.5) is 0 Å². The van der Waals surface area contributed by atoms with Gasteiger partial charge in [-0.3, -0.25) is 9.69 Å². The van der Waals surface area contributed by atoms with Crippen LogP contribution < -0.4 is 5.32 Å². The lowest BCUT2D eigenvalue weighted by molar-refractivity contribution is -0.136. The maximum atomic E-state index is 10.3. The summed E-state index contributed by atoms with van der Waals surface area (Å²) in [5, 5.41) is 11.5. The quantitative estimate of drug-likeness (QED) is 0.640. The third-order valence-electron chi connectivity index (χ3n) is 2.82. The summed E-state index contributed by atoms with van der Waals surface area (Å²) in [5.74, 6) is -0.759. The molecule has 0 radical (unpaired) electrons. The summed E-state index contributed by atoms with van der Waals surface area (Å²) in [6.07, 6.45) is 3.78. The number of nitrogens with zero attached hydrogens (tertiary/aromatic N) is 1. The van der Waals surface area contributed by atoms with Gasteiger partial charge in [-0.2, -0.15) is 0 Å². The van der Waals surface area contributed by atoms with Crippen molar-refractivity contribution in [2.24, 2.45) is 0 Å². The average Bonchev–Trinajstić information content (AvgIpc) is 2.83. The van der Waals surface area contributed by atoms with Crippen molar-refractivity contribution in [2.75, 3.05) is 19.6 Å². The first-order valence-electron chi connectivity index (χ1n) is 4.95. The number of carboxylic acid groups (broad SMARTS) is 1. The van der Waals surface area contributed by atoms with E-state index in [1.165, 1.54) is 12.8 Å². The second kappa shape index (κ2) is 3.64. The predicted molar refractivity (Wildman–Crippen MR) is 48.6 cm³/mol. The first kappa shape index (κ1) is 8.97. The molecule has 2 N–H and O–H groups in total. The van der Waals surface area contributed by atoms with Gasteiger partial charge in [0.2, 0.25) is 0 Å². The van der Waals surface area contributed by atoms with Crippen LogP contribution in [0, 0.1) is 0 Å². The van der Waals surface area contributed by atoms with Crippen molar-refractivity contribution in [3.8, 4) is 0 Å². The van der Waals surface area contributed by atoms with E-state index in [0.717, 1.165) is 25.6 Å². The van der Waals surface area contributed by atoms with Crippen LogP contribution in [0.1, 0.15) is 19.3 Å². The number of likely N-dealkylation sites (tertiary alicyclic amines) is 1. The van der Waals surface area contributed by atoms with Gasteiger partial charge in [0.05, 0.1) is 6.54 Å². The average molecular weight is 184 g/mol. The molecule has 1 unspecified atom stereocenters. The molecular formula is C9H16N2O2. The Morgan fingerprint density at radius 1 is 1.46 bits per heavy atom. The van der Waals surface area contributed by atoms with Crippen LogP contribution in [-0.4, -0.2) is 47.7 Å². The van der Waals surface area contributed by atoms with E-state index in [-0.39, 0.29) is 6.54 Å². The van der Waals surface area contributed by atoms with Crippen molar-refractivity contribution in [1.29, 1.82) is 0 Å². The minimum Gasteiger partial charge on any atom is -0.480 e. The number of carboxylic acids is 1. The summed E-state index contributed by atoms with van der Waals surface area (Å²) in [7, 11) is 0. The Kier molecular flexibility index (Phi) is 2.51. The van der Waals surface area contributed by atoms with Crippen LogP contribution in [0.25, 0.3) is 0 Å². The van der Waals surface area contributed by atoms with E-state index in [0.29, 0.717) is 6.04 Å². The molecule has 0 aromatic heterocycles. The van der Waals surface area contributed by atoms with Crippen LogP contribution in [0.3, 0.4) is 0 Å². The third-order valence-corrected chi connectivity index (χ3v) is 2.82. The van der Waals surface area contributed by atoms with E-state index in [2.05, 4.69) is 10.2 Å². The maximum absolute atomic E-state index is 10.3. The van der Waals surface area contributed by atoms with Crippen LogP contribution in [0.2, 0.25) is 0 Å². The van der Waals surface area contributed by atoms with E-state index in [1.54, 1.807) is 0 Å². The van der Waals surface area contributed by atoms with Crippen molar-refractivity contribution in [3.05, 3.63) is 0 Å². The molecule has 0 spiro atoms. The zero-order valence-electron chi connectivity index (χ0n) is 7.70. The summed E-state index contributed by atoms with van der Waals surface area (Å²) in [5.41, 5.74) is 0. The van der Waals surface area contributed by atoms with Gasteiger partial charge in [0, 0.05) is 25.2 Å². The summed E-state index contributed by atoms with van der Waals surface area (Å²) in [6, 6.07) is 1.22. The molecule has 2 aliphatic rings. The number of rotatable bonds is 4. The molecule has 0 aromatic carbocycles. The Morgan fingerprint density at radius 2 is 2.23 bits per heavy atom. The molecule has 74 valence electrons. The first-order chi connectivity index (χ1) is 6.25. The summed E-state index contributed by atoms with van der Waals surface area (Å²) in [4.78, 5) is 12.8. The fourth-order valence-corrected chi connectivity index (χ4v) is 1.96. The van der Waals surface area contributed by atoms with Crippen molar-refractivity contribution >= 4 is 5.97 Å². The molecule has 1 saturated heterocycles. The molecule has 0 aromatic rings. The van der Waals surface area contributed by atoms with Crippen LogP contribution >= 0.6 is 0 Å². The van der Waals surface area contributed by atoms with E-state index < -0.39 is 5.97 Å². The molecule has 2 rings (SSSR count). The molecular weight excluding hydrogens is 168 g/mol. The molecule has 0 bridgehead atoms. The second-order valence-corrected chi connectivity index (χ2v) is 3.99. The molecule has 1 aliphatic heterocycles. The second-order valence-electron chi connectivity index (χ2n) is 3.99. The topological polar surface area (TPSA) is 52.6 Å². The molecule has 13 heavy (non-hydrogen) atoms. The van der Waals surface area contributed by atoms with Crippen molar-refractivity contribution in [3.63, 3.8) is 0 Å². The summed E-state index contributed by atoms with van der Waals surface area (Å²) < 4.78 is 0. The number of nitrogens with one attached hydrogen (secondary N) is 1. The zero-order valence-corrected chi connectivity index (χ0v) is 7.70. The Balaban J connectivity index is 1.68. The van der Waals surface area contributed by atoms with Crippen molar-refractivity contribution < 1.29 is 9.90 Å². The lowest BCUT2D eigenvalue weighted by Gasteiger charge is -2.14. The normalized spacial score (nSPS) is 29.4. The van der Waals surface area contributed by atoms with Gasteiger partial charge in [0.25, 0.3) is 0 Å². The van der Waals surface area contributed by atoms with E-state index in [4.69, 9.17) is 5.11 Å². The van der Waals surface area contributed by atoms with Gasteiger partial charge in [-0.1, -0.05) is 0 Å². The standard InChI is InChI=1S/C9H16N2O2/c12-9(13)5-10-7-3-4-11(6-7)8-1-2-8/h7-8,10H,1-6H2,(H,12,13). The van der Waals surface area contributed by atoms with E-state index in [1.807, 2.05) is 0 Å². The number of aliphatic carboxylic acids is 1. The van der Waals surface area contributed by atoms with Gasteiger partial charge in [-0.05, 0) is 19.3 Å². The highest BCUT2D eigenvalue weighted by Crippen LogP contribution is 2.29. The highest BCUT2D eigenvalue weighted by atomic mass is 16.4. The van der Waals surface area contributed by atoms with Crippen LogP contribution in [0.15, 0.2) is 0 Å². The molecule has 1 heterocycles. The summed E-state index contributed by atoms with van der Waals surface area (Å²) in [6.45, 7) is 2.28. The third kappa shape index (κ3) is 2.42. The van der Waals surface area contributed by atoms with Crippen molar-refractivity contribution in [1.82, 2.24) is 10.2 Å². The molecule has 1 saturated carbocycles. The first-order valence-corrected chi connectivity index (χ1v) is 4.95. The SMILES string of the molecule is O=C(O)CNC1CCN(C2CC2)C1. The molecule has 2 fully saturated rings. The lowest BCUT2D eigenvalue weighted by atomic mass is 10.2. The van der Waals surface area contributed by atoms with Crippen LogP contribution in [-0.2, 0) is 4.79 Å². The van der Waals surface area contributed by atoms with E-state index in [9.17, 15) is 4.79 Å². The fourth-order valence-electron chi connectivity index (χ4n) is 1.96. The van der Waals surface area contributed by atoms with Gasteiger partial charge in [-0.25, -0.2) is 0 Å². The van der Waals surface area contributed by atoms with E-state index >= 15 is 0 Å². The lowest BCUT2D eigenvalue weighted by Crippen LogP contribution is -2.36. The van der Waals surface area contributed by atoms with Gasteiger partial charge < -0.3 is 10.4 Å². The Bertz CT molecular complexity index is 204. The van der Waals surface area contributed by atoms with Crippen LogP contribution in [0.5, 0.6) is 0 Å². The molecule has 4 heteroatoms. The van der Waals surface area contributed by atoms with Gasteiger partial charge >= 0.3 is 5.97 Å².